The first kappa shape index (κ1) is 18.5. The van der Waals surface area contributed by atoms with Crippen LogP contribution in [0.3, 0.4) is 0 Å². The van der Waals surface area contributed by atoms with Gasteiger partial charge in [0.25, 0.3) is 11.2 Å². The standard InChI is InChI=1S/C17H16N4O5S/c1-9-6-12-16(27-9)18-10(2)20(17(12)23)8-15(22)19-13-5-4-11(26-3)7-14(13)21(24)25/h4-7H,8H2,1-3H3,(H,19,22). The molecule has 0 spiro atoms. The van der Waals surface area contributed by atoms with Crippen LogP contribution in [0.25, 0.3) is 10.2 Å². The van der Waals surface area contributed by atoms with Gasteiger partial charge in [-0.1, -0.05) is 0 Å². The van der Waals surface area contributed by atoms with E-state index in [1.165, 1.54) is 41.2 Å². The minimum absolute atomic E-state index is 0.0249. The van der Waals surface area contributed by atoms with Crippen molar-refractivity contribution in [2.75, 3.05) is 12.4 Å². The largest absolute Gasteiger partial charge is 0.496 e. The Morgan fingerprint density at radius 3 is 2.78 bits per heavy atom. The molecule has 1 N–H and O–H groups in total. The predicted molar refractivity (Wildman–Crippen MR) is 102 cm³/mol. The number of nitro benzene ring substituents is 1. The van der Waals surface area contributed by atoms with Crippen molar-refractivity contribution in [3.8, 4) is 5.75 Å². The average molecular weight is 388 g/mol. The van der Waals surface area contributed by atoms with Crippen LogP contribution in [-0.4, -0.2) is 27.5 Å². The number of aryl methyl sites for hydroxylation is 2. The summed E-state index contributed by atoms with van der Waals surface area (Å²) in [6.07, 6.45) is 0. The zero-order chi connectivity index (χ0) is 19.7. The molecule has 3 aromatic rings. The number of nitro groups is 1. The molecule has 9 nitrogen and oxygen atoms in total. The van der Waals surface area contributed by atoms with Gasteiger partial charge in [0.05, 0.1) is 23.5 Å². The fourth-order valence-electron chi connectivity index (χ4n) is 2.65. The lowest BCUT2D eigenvalue weighted by Crippen LogP contribution is -2.30. The maximum Gasteiger partial charge on any atom is 0.296 e. The molecule has 10 heteroatoms. The lowest BCUT2D eigenvalue weighted by molar-refractivity contribution is -0.384. The molecule has 1 aromatic carbocycles. The van der Waals surface area contributed by atoms with Crippen molar-refractivity contribution in [2.45, 2.75) is 20.4 Å². The monoisotopic (exact) mass is 388 g/mol. The highest BCUT2D eigenvalue weighted by Crippen LogP contribution is 2.29. The Labute approximate surface area is 157 Å². The number of hydrogen-bond acceptors (Lipinski definition) is 7. The number of hydrogen-bond donors (Lipinski definition) is 1. The third kappa shape index (κ3) is 3.65. The number of fused-ring (bicyclic) bond motifs is 1. The fraction of sp³-hybridized carbons (Fsp3) is 0.235. The normalized spacial score (nSPS) is 10.8. The minimum Gasteiger partial charge on any atom is -0.496 e. The van der Waals surface area contributed by atoms with Gasteiger partial charge in [0.1, 0.15) is 28.6 Å². The zero-order valence-electron chi connectivity index (χ0n) is 14.8. The van der Waals surface area contributed by atoms with Crippen molar-refractivity contribution in [3.63, 3.8) is 0 Å². The van der Waals surface area contributed by atoms with Gasteiger partial charge < -0.3 is 10.1 Å². The van der Waals surface area contributed by atoms with Crippen LogP contribution in [0.2, 0.25) is 0 Å². The molecule has 0 aliphatic rings. The average Bonchev–Trinajstić information content (AvgIpc) is 2.99. The molecule has 0 radical (unpaired) electrons. The smallest absolute Gasteiger partial charge is 0.296 e. The van der Waals surface area contributed by atoms with E-state index in [4.69, 9.17) is 4.74 Å². The lowest BCUT2D eigenvalue weighted by Gasteiger charge is -2.11. The maximum atomic E-state index is 12.6. The summed E-state index contributed by atoms with van der Waals surface area (Å²) < 4.78 is 6.21. The zero-order valence-corrected chi connectivity index (χ0v) is 15.6. The SMILES string of the molecule is COc1ccc(NC(=O)Cn2c(C)nc3sc(C)cc3c2=O)c([N+](=O)[O-])c1. The summed E-state index contributed by atoms with van der Waals surface area (Å²) in [6.45, 7) is 3.21. The first-order chi connectivity index (χ1) is 12.8. The number of nitrogens with zero attached hydrogens (tertiary/aromatic N) is 3. The molecular weight excluding hydrogens is 372 g/mol. The second kappa shape index (κ2) is 7.16. The van der Waals surface area contributed by atoms with E-state index in [0.717, 1.165) is 4.88 Å². The molecule has 2 heterocycles. The Hall–Kier alpha value is -3.27. The van der Waals surface area contributed by atoms with E-state index in [1.807, 2.05) is 6.92 Å². The van der Waals surface area contributed by atoms with Crippen molar-refractivity contribution in [1.29, 1.82) is 0 Å². The van der Waals surface area contributed by atoms with Gasteiger partial charge in [-0.25, -0.2) is 4.98 Å². The summed E-state index contributed by atoms with van der Waals surface area (Å²) in [7, 11) is 1.39. The number of nitrogens with one attached hydrogen (secondary N) is 1. The number of aromatic nitrogens is 2. The van der Waals surface area contributed by atoms with Gasteiger partial charge in [0, 0.05) is 4.88 Å². The number of thiophene rings is 1. The highest BCUT2D eigenvalue weighted by atomic mass is 32.1. The Morgan fingerprint density at radius 1 is 1.37 bits per heavy atom. The number of carbonyl (C=O) groups excluding carboxylic acids is 1. The van der Waals surface area contributed by atoms with Crippen LogP contribution in [0.15, 0.2) is 29.1 Å². The van der Waals surface area contributed by atoms with E-state index in [1.54, 1.807) is 13.0 Å². The first-order valence-corrected chi connectivity index (χ1v) is 8.71. The molecule has 0 bridgehead atoms. The molecule has 0 aliphatic heterocycles. The van der Waals surface area contributed by atoms with E-state index in [0.29, 0.717) is 21.8 Å². The summed E-state index contributed by atoms with van der Waals surface area (Å²) in [6, 6.07) is 5.84. The number of anilines is 1. The number of carbonyl (C=O) groups is 1. The quantitative estimate of drug-likeness (QED) is 0.530. The number of amides is 1. The van der Waals surface area contributed by atoms with E-state index >= 15 is 0 Å². The van der Waals surface area contributed by atoms with E-state index in [9.17, 15) is 19.7 Å². The lowest BCUT2D eigenvalue weighted by atomic mass is 10.2. The van der Waals surface area contributed by atoms with Gasteiger partial charge >= 0.3 is 0 Å². The predicted octanol–water partition coefficient (Wildman–Crippen LogP) is 2.63. The molecule has 0 saturated carbocycles. The molecule has 0 fully saturated rings. The number of rotatable bonds is 5. The van der Waals surface area contributed by atoms with Crippen LogP contribution < -0.4 is 15.6 Å². The van der Waals surface area contributed by atoms with Crippen LogP contribution >= 0.6 is 11.3 Å². The maximum absolute atomic E-state index is 12.6. The molecular formula is C17H16N4O5S. The Bertz CT molecular complexity index is 1120. The highest BCUT2D eigenvalue weighted by Gasteiger charge is 2.19. The minimum atomic E-state index is -0.614. The van der Waals surface area contributed by atoms with Gasteiger partial charge in [0.15, 0.2) is 0 Å². The second-order valence-corrected chi connectivity index (χ2v) is 7.05. The molecule has 27 heavy (non-hydrogen) atoms. The Kier molecular flexibility index (Phi) is 4.91. The first-order valence-electron chi connectivity index (χ1n) is 7.90. The molecule has 0 atom stereocenters. The van der Waals surface area contributed by atoms with Crippen LogP contribution in [0.5, 0.6) is 5.75 Å². The molecule has 3 rings (SSSR count). The third-order valence-corrected chi connectivity index (χ3v) is 4.89. The van der Waals surface area contributed by atoms with Gasteiger partial charge in [0.2, 0.25) is 5.91 Å². The van der Waals surface area contributed by atoms with Crippen molar-refractivity contribution >= 4 is 38.8 Å². The molecule has 0 aliphatic carbocycles. The number of ether oxygens (including phenoxy) is 1. The molecule has 1 amide bonds. The molecule has 0 saturated heterocycles. The fourth-order valence-corrected chi connectivity index (χ4v) is 3.57. The van der Waals surface area contributed by atoms with Crippen molar-refractivity contribution in [1.82, 2.24) is 9.55 Å². The van der Waals surface area contributed by atoms with Crippen molar-refractivity contribution < 1.29 is 14.5 Å². The summed E-state index contributed by atoms with van der Waals surface area (Å²) in [5, 5.41) is 14.1. The second-order valence-electron chi connectivity index (χ2n) is 5.81. The summed E-state index contributed by atoms with van der Waals surface area (Å²) in [5.41, 5.74) is -0.591. The molecule has 140 valence electrons. The van der Waals surface area contributed by atoms with Crippen LogP contribution in [-0.2, 0) is 11.3 Å². The van der Waals surface area contributed by atoms with E-state index < -0.39 is 10.8 Å². The van der Waals surface area contributed by atoms with Gasteiger partial charge in [-0.2, -0.15) is 0 Å². The van der Waals surface area contributed by atoms with Crippen LogP contribution in [0, 0.1) is 24.0 Å². The van der Waals surface area contributed by atoms with Crippen LogP contribution in [0.4, 0.5) is 11.4 Å². The topological polar surface area (TPSA) is 116 Å². The van der Waals surface area contributed by atoms with Gasteiger partial charge in [-0.3, -0.25) is 24.3 Å². The Balaban J connectivity index is 1.90. The molecule has 2 aromatic heterocycles. The van der Waals surface area contributed by atoms with Crippen molar-refractivity contribution in [3.05, 3.63) is 55.4 Å². The number of methoxy groups -OCH3 is 1. The van der Waals surface area contributed by atoms with Crippen molar-refractivity contribution in [2.24, 2.45) is 0 Å². The van der Waals surface area contributed by atoms with Gasteiger partial charge in [-0.05, 0) is 32.0 Å². The summed E-state index contributed by atoms with van der Waals surface area (Å²) in [5.74, 6) is 0.129. The molecule has 0 unspecified atom stereocenters. The van der Waals surface area contributed by atoms with Crippen LogP contribution in [0.1, 0.15) is 10.7 Å². The third-order valence-electron chi connectivity index (χ3n) is 3.94. The van der Waals surface area contributed by atoms with E-state index in [2.05, 4.69) is 10.3 Å². The van der Waals surface area contributed by atoms with Gasteiger partial charge in [-0.15, -0.1) is 11.3 Å². The Morgan fingerprint density at radius 2 is 2.11 bits per heavy atom. The summed E-state index contributed by atoms with van der Waals surface area (Å²) >= 11 is 1.41. The van der Waals surface area contributed by atoms with E-state index in [-0.39, 0.29) is 23.5 Å². The highest BCUT2D eigenvalue weighted by molar-refractivity contribution is 7.18. The number of benzene rings is 1. The summed E-state index contributed by atoms with van der Waals surface area (Å²) in [4.78, 5) is 41.6.